The summed E-state index contributed by atoms with van der Waals surface area (Å²) < 4.78 is 12.8. The lowest BCUT2D eigenvalue weighted by Crippen LogP contribution is -2.41. The number of nitrogens with zero attached hydrogens (tertiary/aromatic N) is 6. The van der Waals surface area contributed by atoms with Crippen LogP contribution in [-0.4, -0.2) is 59.6 Å². The molecule has 0 amide bonds. The number of hydrogen-bond acceptors (Lipinski definition) is 9. The van der Waals surface area contributed by atoms with Crippen molar-refractivity contribution in [2.24, 2.45) is 10.8 Å². The number of pyridine rings is 2. The second-order valence-electron chi connectivity index (χ2n) is 6.98. The van der Waals surface area contributed by atoms with Gasteiger partial charge in [-0.05, 0) is 35.4 Å². The zero-order chi connectivity index (χ0) is 21.1. The normalized spacial score (nSPS) is 18.5. The van der Waals surface area contributed by atoms with Crippen molar-refractivity contribution in [3.05, 3.63) is 53.6 Å². The summed E-state index contributed by atoms with van der Waals surface area (Å²) >= 11 is 0. The molecule has 4 rings (SSSR count). The molecule has 0 spiro atoms. The fourth-order valence-electron chi connectivity index (χ4n) is 3.17. The minimum Gasteiger partial charge on any atom is -0.365 e. The van der Waals surface area contributed by atoms with E-state index in [9.17, 15) is 9.50 Å². The Labute approximate surface area is 173 Å². The molecule has 1 atom stereocenters. The van der Waals surface area contributed by atoms with Gasteiger partial charge in [0.2, 0.25) is 6.35 Å². The van der Waals surface area contributed by atoms with Gasteiger partial charge in [0.25, 0.3) is 0 Å². The van der Waals surface area contributed by atoms with Crippen molar-refractivity contribution in [2.45, 2.75) is 6.35 Å². The van der Waals surface area contributed by atoms with Crippen molar-refractivity contribution in [3.63, 3.8) is 0 Å². The smallest absolute Gasteiger partial charge is 0.229 e. The third-order valence-corrected chi connectivity index (χ3v) is 4.84. The van der Waals surface area contributed by atoms with Crippen molar-refractivity contribution < 1.29 is 9.50 Å². The number of hydrazone groups is 1. The largest absolute Gasteiger partial charge is 0.365 e. The number of aliphatic hydroxyl groups is 1. The molecule has 0 aliphatic carbocycles. The topological polar surface area (TPSA) is 106 Å². The number of aliphatic hydroxyl groups excluding tert-OH is 1. The first-order chi connectivity index (χ1) is 14.6. The van der Waals surface area contributed by atoms with Gasteiger partial charge >= 0.3 is 0 Å². The van der Waals surface area contributed by atoms with Gasteiger partial charge in [0.15, 0.2) is 5.82 Å². The minimum absolute atomic E-state index is 0.0527. The molecular formula is C20H23FN8O. The maximum Gasteiger partial charge on any atom is 0.229 e. The minimum atomic E-state index is -1.10. The molecule has 156 valence electrons. The number of rotatable bonds is 6. The van der Waals surface area contributed by atoms with E-state index in [2.05, 4.69) is 20.4 Å². The van der Waals surface area contributed by atoms with Crippen LogP contribution in [-0.2, 0) is 0 Å². The van der Waals surface area contributed by atoms with E-state index in [1.807, 2.05) is 48.5 Å². The summed E-state index contributed by atoms with van der Waals surface area (Å²) in [5, 5.41) is 19.3. The first-order valence-corrected chi connectivity index (χ1v) is 9.44. The average molecular weight is 410 g/mol. The van der Waals surface area contributed by atoms with Crippen LogP contribution in [0, 0.1) is 0 Å². The van der Waals surface area contributed by atoms with Crippen molar-refractivity contribution in [2.75, 3.05) is 41.9 Å². The highest BCUT2D eigenvalue weighted by atomic mass is 19.1. The zero-order valence-electron chi connectivity index (χ0n) is 16.5. The first-order valence-electron chi connectivity index (χ1n) is 9.44. The quantitative estimate of drug-likeness (QED) is 0.660. The summed E-state index contributed by atoms with van der Waals surface area (Å²) in [6.07, 6.45) is 6.42. The first kappa shape index (κ1) is 19.8. The van der Waals surface area contributed by atoms with E-state index in [0.717, 1.165) is 23.7 Å². The summed E-state index contributed by atoms with van der Waals surface area (Å²) in [6, 6.07) is 7.51. The molecule has 0 saturated carbocycles. The van der Waals surface area contributed by atoms with Crippen LogP contribution >= 0.6 is 0 Å². The highest BCUT2D eigenvalue weighted by Gasteiger charge is 2.28. The van der Waals surface area contributed by atoms with Gasteiger partial charge in [-0.25, -0.2) is 19.4 Å². The van der Waals surface area contributed by atoms with E-state index < -0.39 is 6.35 Å². The number of halogens is 1. The SMILES string of the molecule is CN1CNc2cc(/C=C/c3cccc(N4C=NN(C/C(=C/F)CN)C4O)n3)cnc21. The monoisotopic (exact) mass is 410 g/mol. The Bertz CT molecular complexity index is 1010. The Kier molecular flexibility index (Phi) is 5.59. The van der Waals surface area contributed by atoms with Crippen LogP contribution in [0.5, 0.6) is 0 Å². The highest BCUT2D eigenvalue weighted by molar-refractivity contribution is 5.80. The molecule has 2 aliphatic rings. The molecule has 0 fully saturated rings. The molecular weight excluding hydrogens is 387 g/mol. The van der Waals surface area contributed by atoms with Crippen molar-refractivity contribution in [1.29, 1.82) is 0 Å². The molecule has 2 aliphatic heterocycles. The van der Waals surface area contributed by atoms with Gasteiger partial charge < -0.3 is 21.1 Å². The molecule has 0 radical (unpaired) electrons. The van der Waals surface area contributed by atoms with Gasteiger partial charge in [-0.3, -0.25) is 4.90 Å². The van der Waals surface area contributed by atoms with Gasteiger partial charge in [-0.15, -0.1) is 0 Å². The lowest BCUT2D eigenvalue weighted by molar-refractivity contribution is 0.0330. The van der Waals surface area contributed by atoms with E-state index in [4.69, 9.17) is 5.73 Å². The number of nitrogens with two attached hydrogens (primary N) is 1. The lowest BCUT2D eigenvalue weighted by Gasteiger charge is -2.25. The zero-order valence-corrected chi connectivity index (χ0v) is 16.5. The van der Waals surface area contributed by atoms with E-state index in [1.165, 1.54) is 16.2 Å². The van der Waals surface area contributed by atoms with Crippen LogP contribution in [0.2, 0.25) is 0 Å². The van der Waals surface area contributed by atoms with Gasteiger partial charge in [0.05, 0.1) is 30.9 Å². The van der Waals surface area contributed by atoms with Gasteiger partial charge in [-0.1, -0.05) is 12.1 Å². The maximum atomic E-state index is 12.8. The lowest BCUT2D eigenvalue weighted by atomic mass is 10.2. The molecule has 4 heterocycles. The number of anilines is 3. The van der Waals surface area contributed by atoms with Gasteiger partial charge in [0, 0.05) is 19.8 Å². The molecule has 10 heteroatoms. The fraction of sp³-hybridized carbons (Fsp3) is 0.250. The number of aromatic nitrogens is 2. The Balaban J connectivity index is 1.47. The van der Waals surface area contributed by atoms with E-state index >= 15 is 0 Å². The second-order valence-corrected chi connectivity index (χ2v) is 6.98. The molecule has 0 aromatic carbocycles. The highest BCUT2D eigenvalue weighted by Crippen LogP contribution is 2.28. The Morgan fingerprint density at radius 2 is 2.27 bits per heavy atom. The summed E-state index contributed by atoms with van der Waals surface area (Å²) in [4.78, 5) is 12.6. The molecule has 2 aromatic rings. The number of nitrogens with one attached hydrogen (secondary N) is 1. The Hall–Kier alpha value is -3.50. The third-order valence-electron chi connectivity index (χ3n) is 4.84. The summed E-state index contributed by atoms with van der Waals surface area (Å²) in [5.41, 5.74) is 8.47. The Morgan fingerprint density at radius 1 is 1.40 bits per heavy atom. The third kappa shape index (κ3) is 3.95. The fourth-order valence-corrected chi connectivity index (χ4v) is 3.17. The van der Waals surface area contributed by atoms with Crippen molar-refractivity contribution in [1.82, 2.24) is 15.0 Å². The van der Waals surface area contributed by atoms with Crippen LogP contribution in [0.3, 0.4) is 0 Å². The number of hydrogen-bond donors (Lipinski definition) is 3. The molecule has 0 bridgehead atoms. The predicted molar refractivity (Wildman–Crippen MR) is 116 cm³/mol. The van der Waals surface area contributed by atoms with Crippen molar-refractivity contribution in [3.8, 4) is 0 Å². The predicted octanol–water partition coefficient (Wildman–Crippen LogP) is 1.62. The average Bonchev–Trinajstić information content (AvgIpc) is 3.33. The van der Waals surface area contributed by atoms with E-state index in [1.54, 1.807) is 6.07 Å². The molecule has 9 nitrogen and oxygen atoms in total. The van der Waals surface area contributed by atoms with Crippen LogP contribution in [0.4, 0.5) is 21.7 Å². The van der Waals surface area contributed by atoms with Crippen LogP contribution < -0.4 is 20.9 Å². The molecule has 4 N–H and O–H groups in total. The molecule has 2 aromatic heterocycles. The van der Waals surface area contributed by atoms with Crippen molar-refractivity contribution >= 4 is 35.8 Å². The summed E-state index contributed by atoms with van der Waals surface area (Å²) in [7, 11) is 1.98. The standard InChI is InChI=1S/C20H23FN8O/c1-27-12-24-17-7-14(10-23-19(17)27)5-6-16-3-2-4-18(26-16)28-13-25-29(20(28)30)11-15(8-21)9-22/h2-8,10,13,20,24,30H,9,11-12,22H2,1H3/b6-5+,15-8+. The van der Waals surface area contributed by atoms with E-state index in [-0.39, 0.29) is 13.1 Å². The number of fused-ring (bicyclic) bond motifs is 1. The Morgan fingerprint density at radius 3 is 3.07 bits per heavy atom. The molecule has 0 saturated heterocycles. The molecule has 30 heavy (non-hydrogen) atoms. The summed E-state index contributed by atoms with van der Waals surface area (Å²) in [6.45, 7) is 0.885. The van der Waals surface area contributed by atoms with Crippen LogP contribution in [0.1, 0.15) is 11.3 Å². The van der Waals surface area contributed by atoms with Crippen LogP contribution in [0.25, 0.3) is 12.2 Å². The molecule has 1 unspecified atom stereocenters. The van der Waals surface area contributed by atoms with E-state index in [0.29, 0.717) is 23.4 Å². The maximum absolute atomic E-state index is 12.8. The summed E-state index contributed by atoms with van der Waals surface area (Å²) in [5.74, 6) is 1.45. The van der Waals surface area contributed by atoms with Crippen LogP contribution in [0.15, 0.2) is 47.5 Å². The van der Waals surface area contributed by atoms with Gasteiger partial charge in [0.1, 0.15) is 12.2 Å². The second kappa shape index (κ2) is 8.47. The van der Waals surface area contributed by atoms with Gasteiger partial charge in [-0.2, -0.15) is 5.10 Å².